The second kappa shape index (κ2) is 16.1. The highest BCUT2D eigenvalue weighted by Gasteiger charge is 2.15. The molecule has 0 atom stereocenters. The molecule has 6 rings (SSSR count). The lowest BCUT2D eigenvalue weighted by Gasteiger charge is -2.26. The molecule has 8 nitrogen and oxygen atoms in total. The summed E-state index contributed by atoms with van der Waals surface area (Å²) < 4.78 is 35.1. The second-order valence-corrected chi connectivity index (χ2v) is 11.8. The van der Waals surface area contributed by atoms with Crippen molar-refractivity contribution in [1.82, 2.24) is 34.7 Å². The van der Waals surface area contributed by atoms with Gasteiger partial charge in [-0.2, -0.15) is 8.75 Å². The van der Waals surface area contributed by atoms with Crippen LogP contribution < -0.4 is 20.9 Å². The van der Waals surface area contributed by atoms with Gasteiger partial charge in [-0.1, -0.05) is 24.3 Å². The molecule has 0 radical (unpaired) electrons. The summed E-state index contributed by atoms with van der Waals surface area (Å²) in [6.07, 6.45) is 1.24. The summed E-state index contributed by atoms with van der Waals surface area (Å²) in [5.74, 6) is 1.13. The van der Waals surface area contributed by atoms with Gasteiger partial charge in [0.25, 0.3) is 0 Å². The fraction of sp³-hybridized carbons (Fsp3) is 0.429. The van der Waals surface area contributed by atoms with Crippen LogP contribution in [0.1, 0.15) is 33.9 Å². The number of benzene rings is 2. The molecule has 41 heavy (non-hydrogen) atoms. The van der Waals surface area contributed by atoms with E-state index in [4.69, 9.17) is 11.6 Å². The quantitative estimate of drug-likeness (QED) is 0.303. The number of anilines is 1. The van der Waals surface area contributed by atoms with Crippen molar-refractivity contribution in [1.29, 1.82) is 0 Å². The van der Waals surface area contributed by atoms with Gasteiger partial charge < -0.3 is 20.9 Å². The van der Waals surface area contributed by atoms with E-state index in [1.165, 1.54) is 23.7 Å². The molecule has 13 heteroatoms. The van der Waals surface area contributed by atoms with Crippen molar-refractivity contribution in [2.45, 2.75) is 26.7 Å². The highest BCUT2D eigenvalue weighted by Crippen LogP contribution is 2.20. The lowest BCUT2D eigenvalue weighted by Crippen LogP contribution is -2.43. The average molecular weight is 621 g/mol. The van der Waals surface area contributed by atoms with Gasteiger partial charge in [0.1, 0.15) is 23.3 Å². The van der Waals surface area contributed by atoms with Gasteiger partial charge in [-0.05, 0) is 71.4 Å². The third kappa shape index (κ3) is 10.3. The first kappa shape index (κ1) is 31.3. The Hall–Kier alpha value is -2.61. The van der Waals surface area contributed by atoms with Crippen LogP contribution in [-0.4, -0.2) is 71.1 Å². The predicted octanol–water partition coefficient (Wildman–Crippen LogP) is 4.40. The standard InChI is InChI=1S/C14H17FN4S.C10H8ClFN2S.C4H10N2/c1-10-8-11(2-3-12(10)15)9-13-17-14(20-18-13)19-6-4-16-5-7-19;1-6-4-7(2-3-8(6)12)5-9-13-10(11)15-14-9;1-2-6-4-3-5-1/h2-3,8,16H,4-7,9H2,1H3;2-4H,5H2,1H3;5-6H,1-4H2. The molecule has 2 aromatic carbocycles. The summed E-state index contributed by atoms with van der Waals surface area (Å²) in [6, 6.07) is 10.2. The Balaban J connectivity index is 0.000000161. The van der Waals surface area contributed by atoms with Crippen LogP contribution in [-0.2, 0) is 12.8 Å². The number of nitrogens with one attached hydrogen (secondary N) is 3. The first-order chi connectivity index (χ1) is 19.9. The Morgan fingerprint density at radius 3 is 1.68 bits per heavy atom. The van der Waals surface area contributed by atoms with Crippen molar-refractivity contribution >= 4 is 39.8 Å². The van der Waals surface area contributed by atoms with Gasteiger partial charge in [-0.15, -0.1) is 0 Å². The first-order valence-corrected chi connectivity index (χ1v) is 15.5. The van der Waals surface area contributed by atoms with Crippen LogP contribution in [0, 0.1) is 25.5 Å². The van der Waals surface area contributed by atoms with E-state index in [1.807, 2.05) is 6.07 Å². The van der Waals surface area contributed by atoms with Crippen LogP contribution in [0.2, 0.25) is 4.47 Å². The molecule has 4 heterocycles. The van der Waals surface area contributed by atoms with Gasteiger partial charge >= 0.3 is 0 Å². The van der Waals surface area contributed by atoms with Gasteiger partial charge in [-0.25, -0.2) is 18.7 Å². The van der Waals surface area contributed by atoms with E-state index < -0.39 is 0 Å². The maximum atomic E-state index is 13.2. The molecule has 0 spiro atoms. The molecule has 2 saturated heterocycles. The monoisotopic (exact) mass is 620 g/mol. The first-order valence-electron chi connectivity index (χ1n) is 13.5. The van der Waals surface area contributed by atoms with Crippen molar-refractivity contribution in [3.8, 4) is 0 Å². The number of halogens is 3. The van der Waals surface area contributed by atoms with E-state index in [-0.39, 0.29) is 11.6 Å². The average Bonchev–Trinajstić information content (AvgIpc) is 3.63. The lowest BCUT2D eigenvalue weighted by molar-refractivity contribution is 0.534. The maximum absolute atomic E-state index is 13.2. The summed E-state index contributed by atoms with van der Waals surface area (Å²) in [4.78, 5) is 10.9. The van der Waals surface area contributed by atoms with Crippen molar-refractivity contribution in [3.05, 3.63) is 86.4 Å². The summed E-state index contributed by atoms with van der Waals surface area (Å²) >= 11 is 8.27. The fourth-order valence-electron chi connectivity index (χ4n) is 4.21. The molecule has 4 aromatic rings. The molecule has 3 N–H and O–H groups in total. The number of aryl methyl sites for hydroxylation is 2. The molecule has 2 aliphatic heterocycles. The van der Waals surface area contributed by atoms with Crippen molar-refractivity contribution < 1.29 is 8.78 Å². The molecule has 220 valence electrons. The van der Waals surface area contributed by atoms with E-state index in [9.17, 15) is 8.78 Å². The molecule has 0 unspecified atom stereocenters. The third-order valence-corrected chi connectivity index (χ3v) is 8.06. The zero-order valence-electron chi connectivity index (χ0n) is 23.2. The van der Waals surface area contributed by atoms with Gasteiger partial charge in [0.15, 0.2) is 0 Å². The van der Waals surface area contributed by atoms with Gasteiger partial charge in [0, 0.05) is 76.7 Å². The largest absolute Gasteiger partial charge is 0.344 e. The highest BCUT2D eigenvalue weighted by molar-refractivity contribution is 7.10. The van der Waals surface area contributed by atoms with Crippen LogP contribution in [0.25, 0.3) is 0 Å². The lowest BCUT2D eigenvalue weighted by atomic mass is 10.1. The molecule has 2 aromatic heterocycles. The molecule has 0 amide bonds. The predicted molar refractivity (Wildman–Crippen MR) is 164 cm³/mol. The zero-order valence-corrected chi connectivity index (χ0v) is 25.6. The molecular weight excluding hydrogens is 586 g/mol. The second-order valence-electron chi connectivity index (χ2n) is 9.71. The normalized spacial score (nSPS) is 15.0. The SMILES string of the molecule is C1CNCCN1.Cc1cc(Cc2nsc(Cl)n2)ccc1F.Cc1cc(Cc2nsc(N3CCNCC3)n2)ccc1F. The van der Waals surface area contributed by atoms with Crippen LogP contribution in [0.4, 0.5) is 13.9 Å². The van der Waals surface area contributed by atoms with Crippen LogP contribution in [0.5, 0.6) is 0 Å². The highest BCUT2D eigenvalue weighted by atomic mass is 35.5. The van der Waals surface area contributed by atoms with Crippen LogP contribution in [0.15, 0.2) is 36.4 Å². The Bertz CT molecular complexity index is 1360. The maximum Gasteiger partial charge on any atom is 0.205 e. The van der Waals surface area contributed by atoms with Crippen LogP contribution >= 0.6 is 34.7 Å². The Morgan fingerprint density at radius 1 is 0.732 bits per heavy atom. The van der Waals surface area contributed by atoms with Crippen LogP contribution in [0.3, 0.4) is 0 Å². The van der Waals surface area contributed by atoms with Gasteiger partial charge in [0.2, 0.25) is 9.60 Å². The van der Waals surface area contributed by atoms with E-state index in [1.54, 1.807) is 32.0 Å². The minimum absolute atomic E-state index is 0.165. The van der Waals surface area contributed by atoms with E-state index >= 15 is 0 Å². The van der Waals surface area contributed by atoms with E-state index in [0.29, 0.717) is 34.3 Å². The molecule has 2 aliphatic rings. The molecule has 0 saturated carbocycles. The number of piperazine rings is 2. The number of hydrogen-bond acceptors (Lipinski definition) is 10. The summed E-state index contributed by atoms with van der Waals surface area (Å²) in [5, 5.41) is 10.8. The van der Waals surface area contributed by atoms with Gasteiger partial charge in [0.05, 0.1) is 0 Å². The molecular formula is C28H35ClF2N8S2. The van der Waals surface area contributed by atoms with E-state index in [0.717, 1.165) is 86.0 Å². The van der Waals surface area contributed by atoms with Crippen molar-refractivity contribution in [3.63, 3.8) is 0 Å². The molecule has 0 bridgehead atoms. The Morgan fingerprint density at radius 2 is 1.22 bits per heavy atom. The fourth-order valence-corrected chi connectivity index (χ4v) is 5.58. The van der Waals surface area contributed by atoms with Crippen molar-refractivity contribution in [2.75, 3.05) is 57.3 Å². The minimum atomic E-state index is -0.192. The number of aromatic nitrogens is 4. The number of hydrogen-bond donors (Lipinski definition) is 3. The molecule has 0 aliphatic carbocycles. The summed E-state index contributed by atoms with van der Waals surface area (Å²) in [5.41, 5.74) is 3.34. The van der Waals surface area contributed by atoms with Gasteiger partial charge in [-0.3, -0.25) is 0 Å². The number of nitrogens with zero attached hydrogens (tertiary/aromatic N) is 5. The molecule has 2 fully saturated rings. The van der Waals surface area contributed by atoms with Crippen molar-refractivity contribution in [2.24, 2.45) is 0 Å². The Labute approximate surface area is 252 Å². The minimum Gasteiger partial charge on any atom is -0.344 e. The van der Waals surface area contributed by atoms with E-state index in [2.05, 4.69) is 39.6 Å². The summed E-state index contributed by atoms with van der Waals surface area (Å²) in [7, 11) is 0. The topological polar surface area (TPSA) is 90.9 Å². The third-order valence-electron chi connectivity index (χ3n) is 6.41. The number of rotatable bonds is 5. The summed E-state index contributed by atoms with van der Waals surface area (Å²) in [6.45, 7) is 12.0. The smallest absolute Gasteiger partial charge is 0.205 e. The zero-order chi connectivity index (χ0) is 29.0. The Kier molecular flexibility index (Phi) is 12.3.